The number of piperidine rings is 1. The number of benzene rings is 1. The average molecular weight is 240 g/mol. The Morgan fingerprint density at radius 1 is 1.31 bits per heavy atom. The van der Waals surface area contributed by atoms with E-state index in [-0.39, 0.29) is 0 Å². The summed E-state index contributed by atoms with van der Waals surface area (Å²) in [4.78, 5) is 2.34. The Kier molecular flexibility index (Phi) is 3.72. The molecule has 0 saturated carbocycles. The zero-order valence-electron chi connectivity index (χ0n) is 9.87. The van der Waals surface area contributed by atoms with E-state index < -0.39 is 0 Å². The predicted octanol–water partition coefficient (Wildman–Crippen LogP) is 3.26. The number of rotatable bonds is 2. The summed E-state index contributed by atoms with van der Waals surface area (Å²) in [5, 5.41) is 0.857. The minimum atomic E-state index is 0.417. The van der Waals surface area contributed by atoms with Crippen LogP contribution in [0.3, 0.4) is 0 Å². The van der Waals surface area contributed by atoms with Crippen LogP contribution in [0, 0.1) is 6.92 Å². The number of halogens is 1. The first-order valence-corrected chi connectivity index (χ1v) is 6.12. The summed E-state index contributed by atoms with van der Waals surface area (Å²) in [7, 11) is 1.79. The second-order valence-electron chi connectivity index (χ2n) is 4.38. The third kappa shape index (κ3) is 2.50. The van der Waals surface area contributed by atoms with Gasteiger partial charge in [0.15, 0.2) is 0 Å². The summed E-state index contributed by atoms with van der Waals surface area (Å²) in [5.74, 6) is 0. The van der Waals surface area contributed by atoms with Crippen molar-refractivity contribution >= 4 is 17.3 Å². The number of ether oxygens (including phenoxy) is 1. The predicted molar refractivity (Wildman–Crippen MR) is 68.4 cm³/mol. The van der Waals surface area contributed by atoms with Gasteiger partial charge in [-0.3, -0.25) is 0 Å². The molecule has 0 bridgehead atoms. The van der Waals surface area contributed by atoms with E-state index in [4.69, 9.17) is 16.3 Å². The van der Waals surface area contributed by atoms with Crippen LogP contribution < -0.4 is 4.90 Å². The summed E-state index contributed by atoms with van der Waals surface area (Å²) in [6, 6.07) is 6.26. The first-order valence-electron chi connectivity index (χ1n) is 5.74. The molecule has 1 saturated heterocycles. The average Bonchev–Trinajstić information content (AvgIpc) is 2.29. The minimum absolute atomic E-state index is 0.417. The van der Waals surface area contributed by atoms with Crippen LogP contribution in [0.2, 0.25) is 5.02 Å². The highest BCUT2D eigenvalue weighted by Gasteiger charge is 2.20. The maximum Gasteiger partial charge on any atom is 0.0642 e. The normalized spacial score (nSPS) is 17.8. The monoisotopic (exact) mass is 239 g/mol. The fourth-order valence-corrected chi connectivity index (χ4v) is 2.56. The van der Waals surface area contributed by atoms with Crippen molar-refractivity contribution in [1.82, 2.24) is 0 Å². The molecule has 0 amide bonds. The molecule has 0 aliphatic carbocycles. The zero-order chi connectivity index (χ0) is 11.5. The SMILES string of the molecule is COC1CCN(c2ccc(C)cc2Cl)CC1. The summed E-state index contributed by atoms with van der Waals surface area (Å²) in [5.41, 5.74) is 2.36. The lowest BCUT2D eigenvalue weighted by molar-refractivity contribution is 0.0819. The first-order chi connectivity index (χ1) is 7.70. The maximum absolute atomic E-state index is 6.26. The Morgan fingerprint density at radius 2 is 2.00 bits per heavy atom. The molecule has 1 fully saturated rings. The van der Waals surface area contributed by atoms with Gasteiger partial charge in [0, 0.05) is 20.2 Å². The molecule has 88 valence electrons. The second kappa shape index (κ2) is 5.07. The molecule has 0 spiro atoms. The number of aryl methyl sites for hydroxylation is 1. The molecule has 1 aromatic carbocycles. The van der Waals surface area contributed by atoms with Crippen LogP contribution in [-0.4, -0.2) is 26.3 Å². The molecule has 3 heteroatoms. The third-order valence-corrected chi connectivity index (χ3v) is 3.52. The van der Waals surface area contributed by atoms with Gasteiger partial charge in [-0.15, -0.1) is 0 Å². The molecule has 0 atom stereocenters. The molecule has 2 nitrogen and oxygen atoms in total. The van der Waals surface area contributed by atoms with Gasteiger partial charge in [-0.05, 0) is 37.5 Å². The van der Waals surface area contributed by atoms with Crippen LogP contribution in [0.5, 0.6) is 0 Å². The minimum Gasteiger partial charge on any atom is -0.381 e. The molecular formula is C13H18ClNO. The second-order valence-corrected chi connectivity index (χ2v) is 4.78. The molecule has 0 N–H and O–H groups in total. The molecule has 0 unspecified atom stereocenters. The highest BCUT2D eigenvalue weighted by Crippen LogP contribution is 2.29. The number of hydrogen-bond acceptors (Lipinski definition) is 2. The van der Waals surface area contributed by atoms with Gasteiger partial charge in [-0.25, -0.2) is 0 Å². The van der Waals surface area contributed by atoms with E-state index in [1.807, 2.05) is 6.07 Å². The summed E-state index contributed by atoms with van der Waals surface area (Å²) in [6.45, 7) is 4.12. The van der Waals surface area contributed by atoms with Crippen LogP contribution in [0.15, 0.2) is 18.2 Å². The smallest absolute Gasteiger partial charge is 0.0642 e. The van der Waals surface area contributed by atoms with Gasteiger partial charge in [0.05, 0.1) is 16.8 Å². The van der Waals surface area contributed by atoms with Crippen molar-refractivity contribution in [2.75, 3.05) is 25.1 Å². The van der Waals surface area contributed by atoms with Crippen LogP contribution in [0.1, 0.15) is 18.4 Å². The van der Waals surface area contributed by atoms with Crippen LogP contribution in [0.4, 0.5) is 5.69 Å². The Labute approximate surface area is 102 Å². The van der Waals surface area contributed by atoms with Crippen molar-refractivity contribution in [3.05, 3.63) is 28.8 Å². The highest BCUT2D eigenvalue weighted by molar-refractivity contribution is 6.33. The number of methoxy groups -OCH3 is 1. The van der Waals surface area contributed by atoms with Crippen molar-refractivity contribution in [1.29, 1.82) is 0 Å². The van der Waals surface area contributed by atoms with Crippen molar-refractivity contribution in [2.24, 2.45) is 0 Å². The van der Waals surface area contributed by atoms with Crippen LogP contribution >= 0.6 is 11.6 Å². The van der Waals surface area contributed by atoms with Crippen molar-refractivity contribution < 1.29 is 4.74 Å². The number of hydrogen-bond donors (Lipinski definition) is 0. The number of nitrogens with zero attached hydrogens (tertiary/aromatic N) is 1. The standard InChI is InChI=1S/C13H18ClNO/c1-10-3-4-13(12(14)9-10)15-7-5-11(16-2)6-8-15/h3-4,9,11H,5-8H2,1-2H3. The topological polar surface area (TPSA) is 12.5 Å². The molecule has 1 aliphatic heterocycles. The molecule has 1 aromatic rings. The Bertz CT molecular complexity index is 359. The van der Waals surface area contributed by atoms with Gasteiger partial charge in [0.1, 0.15) is 0 Å². The van der Waals surface area contributed by atoms with Crippen LogP contribution in [-0.2, 0) is 4.74 Å². The fourth-order valence-electron chi connectivity index (χ4n) is 2.20. The molecule has 2 rings (SSSR count). The molecule has 16 heavy (non-hydrogen) atoms. The van der Waals surface area contributed by atoms with Crippen molar-refractivity contribution in [3.8, 4) is 0 Å². The first kappa shape index (κ1) is 11.7. The van der Waals surface area contributed by atoms with E-state index in [2.05, 4.69) is 24.0 Å². The lowest BCUT2D eigenvalue weighted by Gasteiger charge is -2.33. The third-order valence-electron chi connectivity index (χ3n) is 3.22. The van der Waals surface area contributed by atoms with E-state index in [0.717, 1.165) is 36.6 Å². The maximum atomic E-state index is 6.26. The number of anilines is 1. The molecular weight excluding hydrogens is 222 g/mol. The lowest BCUT2D eigenvalue weighted by Crippen LogP contribution is -2.36. The summed E-state index contributed by atoms with van der Waals surface area (Å²) >= 11 is 6.26. The molecule has 1 heterocycles. The lowest BCUT2D eigenvalue weighted by atomic mass is 10.1. The zero-order valence-corrected chi connectivity index (χ0v) is 10.6. The highest BCUT2D eigenvalue weighted by atomic mass is 35.5. The fraction of sp³-hybridized carbons (Fsp3) is 0.538. The molecule has 0 aromatic heterocycles. The van der Waals surface area contributed by atoms with E-state index in [0.29, 0.717) is 6.10 Å². The molecule has 1 aliphatic rings. The van der Waals surface area contributed by atoms with E-state index in [9.17, 15) is 0 Å². The van der Waals surface area contributed by atoms with Crippen molar-refractivity contribution in [3.63, 3.8) is 0 Å². The van der Waals surface area contributed by atoms with Gasteiger partial charge in [0.2, 0.25) is 0 Å². The Hall–Kier alpha value is -0.730. The van der Waals surface area contributed by atoms with E-state index >= 15 is 0 Å². The van der Waals surface area contributed by atoms with Gasteiger partial charge in [-0.2, -0.15) is 0 Å². The van der Waals surface area contributed by atoms with Gasteiger partial charge >= 0.3 is 0 Å². The van der Waals surface area contributed by atoms with E-state index in [1.54, 1.807) is 7.11 Å². The summed E-state index contributed by atoms with van der Waals surface area (Å²) < 4.78 is 5.37. The van der Waals surface area contributed by atoms with Gasteiger partial charge in [0.25, 0.3) is 0 Å². The molecule has 0 radical (unpaired) electrons. The van der Waals surface area contributed by atoms with E-state index in [1.165, 1.54) is 5.56 Å². The van der Waals surface area contributed by atoms with Crippen LogP contribution in [0.25, 0.3) is 0 Å². The Morgan fingerprint density at radius 3 is 2.56 bits per heavy atom. The Balaban J connectivity index is 2.08. The van der Waals surface area contributed by atoms with Gasteiger partial charge < -0.3 is 9.64 Å². The quantitative estimate of drug-likeness (QED) is 0.786. The largest absolute Gasteiger partial charge is 0.381 e. The van der Waals surface area contributed by atoms with Gasteiger partial charge in [-0.1, -0.05) is 17.7 Å². The van der Waals surface area contributed by atoms with Crippen molar-refractivity contribution in [2.45, 2.75) is 25.9 Å². The summed E-state index contributed by atoms with van der Waals surface area (Å²) in [6.07, 6.45) is 2.59.